The van der Waals surface area contributed by atoms with Crippen molar-refractivity contribution in [1.82, 2.24) is 10.0 Å². The molecule has 0 aliphatic rings. The van der Waals surface area contributed by atoms with Crippen molar-refractivity contribution in [1.29, 1.82) is 5.26 Å². The maximum Gasteiger partial charge on any atom is 0.326 e. The Morgan fingerprint density at radius 1 is 1.06 bits per heavy atom. The van der Waals surface area contributed by atoms with E-state index in [4.69, 9.17) is 14.7 Å². The van der Waals surface area contributed by atoms with E-state index in [2.05, 4.69) is 16.1 Å². The summed E-state index contributed by atoms with van der Waals surface area (Å²) >= 11 is 0. The second-order valence-electron chi connectivity index (χ2n) is 7.42. The highest BCUT2D eigenvalue weighted by Gasteiger charge is 2.27. The number of unbranched alkanes of at least 4 members (excludes halogenated alkanes) is 1. The Morgan fingerprint density at radius 3 is 2.32 bits per heavy atom. The molecule has 0 aromatic heterocycles. The number of nitrogens with one attached hydrogen (secondary N) is 2. The molecule has 0 bridgehead atoms. The fraction of sp³-hybridized carbons (Fsp3) is 0.375. The third-order valence-corrected chi connectivity index (χ3v) is 6.43. The third-order valence-electron chi connectivity index (χ3n) is 4.94. The lowest BCUT2D eigenvalue weighted by atomic mass is 10.1. The fourth-order valence-corrected chi connectivity index (χ4v) is 4.28. The van der Waals surface area contributed by atoms with Gasteiger partial charge < -0.3 is 14.8 Å². The summed E-state index contributed by atoms with van der Waals surface area (Å²) in [4.78, 5) is 24.5. The van der Waals surface area contributed by atoms with Gasteiger partial charge in [0, 0.05) is 13.0 Å². The van der Waals surface area contributed by atoms with Gasteiger partial charge in [-0.1, -0.05) is 12.1 Å². The van der Waals surface area contributed by atoms with Crippen molar-refractivity contribution in [2.24, 2.45) is 0 Å². The summed E-state index contributed by atoms with van der Waals surface area (Å²) in [6.45, 7) is 1.45. The van der Waals surface area contributed by atoms with Crippen molar-refractivity contribution in [3.05, 3.63) is 59.7 Å². The van der Waals surface area contributed by atoms with Crippen LogP contribution in [0.3, 0.4) is 0 Å². The minimum atomic E-state index is -4.03. The number of carbonyl (C=O) groups is 2. The van der Waals surface area contributed by atoms with Crippen LogP contribution in [0.1, 0.15) is 37.3 Å². The molecule has 10 heteroatoms. The maximum atomic E-state index is 12.7. The van der Waals surface area contributed by atoms with Crippen LogP contribution >= 0.6 is 0 Å². The molecule has 2 aromatic rings. The average molecular weight is 488 g/mol. The van der Waals surface area contributed by atoms with Gasteiger partial charge in [0.05, 0.1) is 30.2 Å². The molecule has 1 amide bonds. The zero-order chi connectivity index (χ0) is 25.0. The summed E-state index contributed by atoms with van der Waals surface area (Å²) in [6, 6.07) is 13.8. The highest BCUT2D eigenvalue weighted by Crippen LogP contribution is 2.16. The summed E-state index contributed by atoms with van der Waals surface area (Å²) in [5, 5.41) is 11.4. The molecule has 1 atom stereocenters. The number of methoxy groups -OCH3 is 1. The molecule has 9 nitrogen and oxygen atoms in total. The van der Waals surface area contributed by atoms with E-state index in [0.29, 0.717) is 17.7 Å². The van der Waals surface area contributed by atoms with Crippen LogP contribution in [0.25, 0.3) is 0 Å². The number of aryl methyl sites for hydroxylation is 1. The Morgan fingerprint density at radius 2 is 1.74 bits per heavy atom. The van der Waals surface area contributed by atoms with E-state index >= 15 is 0 Å². The highest BCUT2D eigenvalue weighted by atomic mass is 32.2. The maximum absolute atomic E-state index is 12.7. The highest BCUT2D eigenvalue weighted by molar-refractivity contribution is 7.89. The Bertz CT molecular complexity index is 1090. The molecular formula is C24H29N3O6S. The lowest BCUT2D eigenvalue weighted by molar-refractivity contribution is -0.145. The van der Waals surface area contributed by atoms with Crippen LogP contribution in [0.5, 0.6) is 5.75 Å². The number of amides is 1. The number of sulfonamides is 1. The van der Waals surface area contributed by atoms with Crippen LogP contribution in [-0.4, -0.2) is 46.6 Å². The van der Waals surface area contributed by atoms with Crippen molar-refractivity contribution in [3.63, 3.8) is 0 Å². The monoisotopic (exact) mass is 487 g/mol. The molecule has 2 N–H and O–H groups in total. The zero-order valence-electron chi connectivity index (χ0n) is 19.2. The van der Waals surface area contributed by atoms with Crippen LogP contribution in [0.2, 0.25) is 0 Å². The van der Waals surface area contributed by atoms with Crippen LogP contribution in [0.15, 0.2) is 53.4 Å². The van der Waals surface area contributed by atoms with Gasteiger partial charge in [0.25, 0.3) is 0 Å². The van der Waals surface area contributed by atoms with Crippen LogP contribution in [-0.2, 0) is 30.8 Å². The van der Waals surface area contributed by atoms with Gasteiger partial charge in [-0.05, 0) is 68.1 Å². The van der Waals surface area contributed by atoms with E-state index < -0.39 is 22.0 Å². The predicted octanol–water partition coefficient (Wildman–Crippen LogP) is 2.31. The quantitative estimate of drug-likeness (QED) is 0.327. The SMILES string of the molecule is CCOC(=O)[C@H](CNC(=O)CCCCc1ccc(C#N)cc1)NS(=O)(=O)c1ccc(OC)cc1. The number of nitrogens with zero attached hydrogens (tertiary/aromatic N) is 1. The summed E-state index contributed by atoms with van der Waals surface area (Å²) in [7, 11) is -2.56. The summed E-state index contributed by atoms with van der Waals surface area (Å²) in [5.41, 5.74) is 1.68. The Balaban J connectivity index is 1.87. The first-order chi connectivity index (χ1) is 16.3. The topological polar surface area (TPSA) is 135 Å². The van der Waals surface area contributed by atoms with E-state index in [-0.39, 0.29) is 30.4 Å². The van der Waals surface area contributed by atoms with Crippen LogP contribution < -0.4 is 14.8 Å². The van der Waals surface area contributed by atoms with Crippen molar-refractivity contribution in [3.8, 4) is 11.8 Å². The second-order valence-corrected chi connectivity index (χ2v) is 9.14. The van der Waals surface area contributed by atoms with Gasteiger partial charge in [0.2, 0.25) is 15.9 Å². The molecule has 34 heavy (non-hydrogen) atoms. The second kappa shape index (κ2) is 13.3. The van der Waals surface area contributed by atoms with E-state index in [1.54, 1.807) is 19.1 Å². The normalized spacial score (nSPS) is 11.8. The standard InChI is InChI=1S/C24H29N3O6S/c1-3-33-24(29)22(27-34(30,31)21-14-12-20(32-2)13-15-21)17-26-23(28)7-5-4-6-18-8-10-19(16-25)11-9-18/h8-15,22,27H,3-7,17H2,1-2H3,(H,26,28)/t22-/m0/s1. The molecule has 182 valence electrons. The number of esters is 1. The smallest absolute Gasteiger partial charge is 0.326 e. The fourth-order valence-electron chi connectivity index (χ4n) is 3.09. The number of hydrogen-bond donors (Lipinski definition) is 2. The number of rotatable bonds is 13. The lowest BCUT2D eigenvalue weighted by Crippen LogP contribution is -2.49. The molecule has 0 unspecified atom stereocenters. The van der Waals surface area contributed by atoms with Crippen LogP contribution in [0, 0.1) is 11.3 Å². The summed E-state index contributed by atoms with van der Waals surface area (Å²) in [5.74, 6) is -0.578. The van der Waals surface area contributed by atoms with Gasteiger partial charge in [0.1, 0.15) is 11.8 Å². The average Bonchev–Trinajstić information content (AvgIpc) is 2.84. The molecular weight excluding hydrogens is 458 g/mol. The first-order valence-corrected chi connectivity index (χ1v) is 12.4. The number of hydrogen-bond acceptors (Lipinski definition) is 7. The van der Waals surface area contributed by atoms with Crippen molar-refractivity contribution < 1.29 is 27.5 Å². The van der Waals surface area contributed by atoms with E-state index in [1.807, 2.05) is 12.1 Å². The molecule has 0 saturated carbocycles. The molecule has 0 heterocycles. The van der Waals surface area contributed by atoms with Gasteiger partial charge in [-0.2, -0.15) is 9.98 Å². The van der Waals surface area contributed by atoms with E-state index in [9.17, 15) is 18.0 Å². The number of benzene rings is 2. The van der Waals surface area contributed by atoms with Gasteiger partial charge in [-0.15, -0.1) is 0 Å². The molecule has 0 fully saturated rings. The largest absolute Gasteiger partial charge is 0.497 e. The lowest BCUT2D eigenvalue weighted by Gasteiger charge is -2.18. The first kappa shape index (κ1) is 26.8. The number of carbonyl (C=O) groups excluding carboxylic acids is 2. The third kappa shape index (κ3) is 8.50. The van der Waals surface area contributed by atoms with Crippen molar-refractivity contribution >= 4 is 21.9 Å². The minimum Gasteiger partial charge on any atom is -0.497 e. The van der Waals surface area contributed by atoms with Gasteiger partial charge >= 0.3 is 5.97 Å². The Labute approximate surface area is 200 Å². The summed E-state index contributed by atoms with van der Waals surface area (Å²) in [6.07, 6.45) is 2.39. The predicted molar refractivity (Wildman–Crippen MR) is 125 cm³/mol. The van der Waals surface area contributed by atoms with Gasteiger partial charge in [-0.25, -0.2) is 8.42 Å². The molecule has 0 radical (unpaired) electrons. The molecule has 0 saturated heterocycles. The molecule has 0 aliphatic carbocycles. The Kier molecular flexibility index (Phi) is 10.5. The van der Waals surface area contributed by atoms with Crippen molar-refractivity contribution in [2.75, 3.05) is 20.3 Å². The van der Waals surface area contributed by atoms with Crippen molar-refractivity contribution in [2.45, 2.75) is 43.5 Å². The number of ether oxygens (including phenoxy) is 2. The minimum absolute atomic E-state index is 0.0447. The molecule has 2 aromatic carbocycles. The Hall–Kier alpha value is -3.42. The first-order valence-electron chi connectivity index (χ1n) is 10.9. The summed E-state index contributed by atoms with van der Waals surface area (Å²) < 4.78 is 37.7. The molecule has 2 rings (SSSR count). The van der Waals surface area contributed by atoms with Gasteiger partial charge in [-0.3, -0.25) is 9.59 Å². The van der Waals surface area contributed by atoms with Crippen LogP contribution in [0.4, 0.5) is 0 Å². The number of nitriles is 1. The van der Waals surface area contributed by atoms with Gasteiger partial charge in [0.15, 0.2) is 0 Å². The van der Waals surface area contributed by atoms with E-state index in [0.717, 1.165) is 18.4 Å². The van der Waals surface area contributed by atoms with E-state index in [1.165, 1.54) is 31.4 Å². The molecule has 0 aliphatic heterocycles. The molecule has 0 spiro atoms. The zero-order valence-corrected chi connectivity index (χ0v) is 20.1.